The van der Waals surface area contributed by atoms with Crippen LogP contribution in [0.15, 0.2) is 54.6 Å². The van der Waals surface area contributed by atoms with E-state index in [0.29, 0.717) is 13.1 Å². The number of piperazine rings is 1. The Morgan fingerprint density at radius 3 is 2.48 bits per heavy atom. The number of carbonyl (C=O) groups excluding carboxylic acids is 3. The minimum atomic E-state index is -1.33. The maximum absolute atomic E-state index is 13.4. The van der Waals surface area contributed by atoms with E-state index in [0.717, 1.165) is 28.4 Å². The maximum atomic E-state index is 13.4. The van der Waals surface area contributed by atoms with Gasteiger partial charge in [0.2, 0.25) is 11.8 Å². The highest BCUT2D eigenvalue weighted by molar-refractivity contribution is 6.20. The lowest BCUT2D eigenvalue weighted by atomic mass is 9.67. The van der Waals surface area contributed by atoms with E-state index in [4.69, 9.17) is 0 Å². The molecule has 1 spiro atoms. The van der Waals surface area contributed by atoms with Crippen molar-refractivity contribution in [2.75, 3.05) is 36.5 Å². The zero-order valence-corrected chi connectivity index (χ0v) is 16.2. The summed E-state index contributed by atoms with van der Waals surface area (Å²) >= 11 is 0. The van der Waals surface area contributed by atoms with Gasteiger partial charge < -0.3 is 9.80 Å². The number of hydrogen-bond donors (Lipinski definition) is 1. The summed E-state index contributed by atoms with van der Waals surface area (Å²) in [6.07, 6.45) is 0.287. The fourth-order valence-electron chi connectivity index (χ4n) is 4.96. The molecule has 5 rings (SSSR count). The Hall–Kier alpha value is -3.35. The Morgan fingerprint density at radius 1 is 0.966 bits per heavy atom. The lowest BCUT2D eigenvalue weighted by molar-refractivity contribution is -0.152. The number of nitrogens with zero attached hydrogens (tertiary/aromatic N) is 3. The monoisotopic (exact) mass is 390 g/mol. The summed E-state index contributed by atoms with van der Waals surface area (Å²) in [7, 11) is 1.44. The number of imide groups is 2. The molecular weight excluding hydrogens is 368 g/mol. The standard InChI is InChI=1S/C22H22N4O3/c1-24-20(28)22(19(27)23-21(24)29)13-15-7-5-6-10-17(15)26-12-11-25(14-18(22)26)16-8-3-2-4-9-16/h2-10,18H,11-14H2,1H3,(H,23,27,29)/t18-,22+/m1/s1. The number of anilines is 2. The normalized spacial score (nSPS) is 26.3. The van der Waals surface area contributed by atoms with Gasteiger partial charge in [0.25, 0.3) is 0 Å². The molecule has 0 radical (unpaired) electrons. The molecule has 2 fully saturated rings. The van der Waals surface area contributed by atoms with E-state index < -0.39 is 23.3 Å². The smallest absolute Gasteiger partial charge is 0.330 e. The molecule has 3 aliphatic rings. The van der Waals surface area contributed by atoms with Crippen LogP contribution in [0.1, 0.15) is 5.56 Å². The molecule has 29 heavy (non-hydrogen) atoms. The second kappa shape index (κ2) is 6.34. The summed E-state index contributed by atoms with van der Waals surface area (Å²) < 4.78 is 0. The Morgan fingerprint density at radius 2 is 1.69 bits per heavy atom. The fourth-order valence-corrected chi connectivity index (χ4v) is 4.96. The molecule has 0 aromatic heterocycles. The minimum absolute atomic E-state index is 0.287. The lowest BCUT2D eigenvalue weighted by Crippen LogP contribution is -2.74. The maximum Gasteiger partial charge on any atom is 0.330 e. The molecular formula is C22H22N4O3. The Labute approximate surface area is 168 Å². The van der Waals surface area contributed by atoms with Crippen LogP contribution in [0.2, 0.25) is 0 Å². The van der Waals surface area contributed by atoms with Gasteiger partial charge in [-0.2, -0.15) is 0 Å². The molecule has 3 aliphatic heterocycles. The quantitative estimate of drug-likeness (QED) is 0.750. The van der Waals surface area contributed by atoms with Crippen molar-refractivity contribution in [3.8, 4) is 0 Å². The summed E-state index contributed by atoms with van der Waals surface area (Å²) in [5, 5.41) is 2.42. The Balaban J connectivity index is 1.63. The highest BCUT2D eigenvalue weighted by Crippen LogP contribution is 2.45. The van der Waals surface area contributed by atoms with E-state index in [2.05, 4.69) is 15.1 Å². The molecule has 2 saturated heterocycles. The number of urea groups is 1. The van der Waals surface area contributed by atoms with Crippen molar-refractivity contribution in [3.63, 3.8) is 0 Å². The van der Waals surface area contributed by atoms with Gasteiger partial charge in [-0.05, 0) is 30.2 Å². The molecule has 0 aliphatic carbocycles. The molecule has 148 valence electrons. The molecule has 7 heteroatoms. The molecule has 2 aromatic carbocycles. The first-order valence-corrected chi connectivity index (χ1v) is 9.80. The van der Waals surface area contributed by atoms with Crippen molar-refractivity contribution in [2.45, 2.75) is 12.5 Å². The van der Waals surface area contributed by atoms with Crippen LogP contribution >= 0.6 is 0 Å². The second-order valence-electron chi connectivity index (χ2n) is 7.89. The van der Waals surface area contributed by atoms with Crippen molar-refractivity contribution in [1.29, 1.82) is 0 Å². The van der Waals surface area contributed by atoms with Gasteiger partial charge in [0, 0.05) is 38.1 Å². The third-order valence-electron chi connectivity index (χ3n) is 6.46. The van der Waals surface area contributed by atoms with E-state index >= 15 is 0 Å². The minimum Gasteiger partial charge on any atom is -0.368 e. The Kier molecular flexibility index (Phi) is 3.87. The van der Waals surface area contributed by atoms with Crippen molar-refractivity contribution >= 4 is 29.2 Å². The zero-order valence-electron chi connectivity index (χ0n) is 16.2. The lowest BCUT2D eigenvalue weighted by Gasteiger charge is -2.55. The van der Waals surface area contributed by atoms with E-state index in [1.54, 1.807) is 0 Å². The van der Waals surface area contributed by atoms with Crippen LogP contribution in [-0.2, 0) is 16.0 Å². The van der Waals surface area contributed by atoms with Gasteiger partial charge >= 0.3 is 6.03 Å². The first-order valence-electron chi connectivity index (χ1n) is 9.80. The second-order valence-corrected chi connectivity index (χ2v) is 7.89. The van der Waals surface area contributed by atoms with Gasteiger partial charge in [-0.15, -0.1) is 0 Å². The van der Waals surface area contributed by atoms with E-state index in [1.807, 2.05) is 54.6 Å². The number of fused-ring (bicyclic) bond motifs is 4. The average molecular weight is 390 g/mol. The number of hydrogen-bond acceptors (Lipinski definition) is 5. The van der Waals surface area contributed by atoms with Gasteiger partial charge in [-0.25, -0.2) is 4.79 Å². The number of benzene rings is 2. The topological polar surface area (TPSA) is 73.0 Å². The molecule has 7 nitrogen and oxygen atoms in total. The number of nitrogens with one attached hydrogen (secondary N) is 1. The van der Waals surface area contributed by atoms with Crippen LogP contribution in [0.4, 0.5) is 16.2 Å². The summed E-state index contributed by atoms with van der Waals surface area (Å²) in [6.45, 7) is 2.01. The zero-order chi connectivity index (χ0) is 20.2. The predicted octanol–water partition coefficient (Wildman–Crippen LogP) is 1.63. The van der Waals surface area contributed by atoms with E-state index in [-0.39, 0.29) is 12.5 Å². The summed E-state index contributed by atoms with van der Waals surface area (Å²) in [5.41, 5.74) is 1.76. The van der Waals surface area contributed by atoms with Gasteiger partial charge in [0.15, 0.2) is 5.41 Å². The van der Waals surface area contributed by atoms with Crippen LogP contribution in [-0.4, -0.2) is 55.5 Å². The van der Waals surface area contributed by atoms with Crippen LogP contribution in [0.5, 0.6) is 0 Å². The molecule has 1 N–H and O–H groups in total. The number of para-hydroxylation sites is 2. The van der Waals surface area contributed by atoms with Crippen LogP contribution in [0, 0.1) is 5.41 Å². The molecule has 4 amide bonds. The van der Waals surface area contributed by atoms with Gasteiger partial charge in [0.1, 0.15) is 0 Å². The predicted molar refractivity (Wildman–Crippen MR) is 109 cm³/mol. The average Bonchev–Trinajstić information content (AvgIpc) is 2.76. The molecule has 2 atom stereocenters. The molecule has 0 unspecified atom stereocenters. The molecule has 3 heterocycles. The number of barbiturate groups is 1. The molecule has 0 saturated carbocycles. The number of amides is 4. The summed E-state index contributed by atoms with van der Waals surface area (Å²) in [6, 6.07) is 16.9. The van der Waals surface area contributed by atoms with Gasteiger partial charge in [-0.1, -0.05) is 36.4 Å². The largest absolute Gasteiger partial charge is 0.368 e. The highest BCUT2D eigenvalue weighted by atomic mass is 16.2. The van der Waals surface area contributed by atoms with Crippen molar-refractivity contribution < 1.29 is 14.4 Å². The van der Waals surface area contributed by atoms with E-state index in [1.165, 1.54) is 7.05 Å². The third-order valence-corrected chi connectivity index (χ3v) is 6.46. The molecule has 0 bridgehead atoms. The summed E-state index contributed by atoms with van der Waals surface area (Å²) in [5.74, 6) is -0.921. The Bertz CT molecular complexity index is 1010. The summed E-state index contributed by atoms with van der Waals surface area (Å²) in [4.78, 5) is 44.2. The SMILES string of the molecule is CN1C(=O)NC(=O)[C@@]2(Cc3ccccc3N3CCN(c4ccccc4)C[C@@H]32)C1=O. The highest BCUT2D eigenvalue weighted by Gasteiger charge is 2.62. The van der Waals surface area contributed by atoms with Crippen LogP contribution in [0.25, 0.3) is 0 Å². The van der Waals surface area contributed by atoms with Crippen LogP contribution in [0.3, 0.4) is 0 Å². The van der Waals surface area contributed by atoms with Crippen molar-refractivity contribution in [1.82, 2.24) is 10.2 Å². The fraction of sp³-hybridized carbons (Fsp3) is 0.318. The van der Waals surface area contributed by atoms with Gasteiger partial charge in [-0.3, -0.25) is 19.8 Å². The van der Waals surface area contributed by atoms with Crippen molar-refractivity contribution in [3.05, 3.63) is 60.2 Å². The van der Waals surface area contributed by atoms with Gasteiger partial charge in [0.05, 0.1) is 6.04 Å². The van der Waals surface area contributed by atoms with Crippen molar-refractivity contribution in [2.24, 2.45) is 5.41 Å². The number of rotatable bonds is 1. The third kappa shape index (κ3) is 2.46. The van der Waals surface area contributed by atoms with Crippen LogP contribution < -0.4 is 15.1 Å². The first kappa shape index (κ1) is 17.7. The molecule has 2 aromatic rings. The number of carbonyl (C=O) groups is 3. The van der Waals surface area contributed by atoms with E-state index in [9.17, 15) is 14.4 Å². The first-order chi connectivity index (χ1) is 14.0.